The van der Waals surface area contributed by atoms with Crippen LogP contribution in [0.4, 0.5) is 5.95 Å². The number of nitrogens with two attached hydrogens (primary N) is 1. The van der Waals surface area contributed by atoms with Crippen LogP contribution < -0.4 is 5.73 Å². The van der Waals surface area contributed by atoms with Crippen LogP contribution in [0, 0.1) is 11.8 Å². The molecule has 0 bridgehead atoms. The summed E-state index contributed by atoms with van der Waals surface area (Å²) in [6, 6.07) is 0. The van der Waals surface area contributed by atoms with Gasteiger partial charge in [0.1, 0.15) is 0 Å². The normalized spacial score (nSPS) is 13.5. The lowest BCUT2D eigenvalue weighted by molar-refractivity contribution is 0.391. The van der Waals surface area contributed by atoms with Crippen molar-refractivity contribution in [3.05, 3.63) is 12.4 Å². The molecule has 0 fully saturated rings. The predicted molar refractivity (Wildman–Crippen MR) is 55.3 cm³/mol. The van der Waals surface area contributed by atoms with Crippen molar-refractivity contribution in [1.29, 1.82) is 0 Å². The third-order valence-corrected chi connectivity index (χ3v) is 2.13. The third-order valence-electron chi connectivity index (χ3n) is 2.13. The summed E-state index contributed by atoms with van der Waals surface area (Å²) < 4.78 is 2.01. The Morgan fingerprint density at radius 1 is 1.46 bits per heavy atom. The molecule has 1 aromatic rings. The molecule has 3 heteroatoms. The van der Waals surface area contributed by atoms with Crippen LogP contribution in [-0.4, -0.2) is 9.55 Å². The van der Waals surface area contributed by atoms with E-state index in [4.69, 9.17) is 5.73 Å². The van der Waals surface area contributed by atoms with Crippen LogP contribution in [0.25, 0.3) is 0 Å². The molecule has 1 heterocycles. The van der Waals surface area contributed by atoms with E-state index in [-0.39, 0.29) is 0 Å². The van der Waals surface area contributed by atoms with Gasteiger partial charge in [-0.15, -0.1) is 0 Å². The Morgan fingerprint density at radius 3 is 2.62 bits per heavy atom. The smallest absolute Gasteiger partial charge is 0.200 e. The molecule has 0 spiro atoms. The molecule has 0 aliphatic heterocycles. The zero-order valence-electron chi connectivity index (χ0n) is 8.70. The molecule has 1 rings (SSSR count). The minimum absolute atomic E-state index is 0.621. The molecule has 1 aromatic heterocycles. The molecule has 0 saturated heterocycles. The number of hydrogen-bond donors (Lipinski definition) is 1. The average molecular weight is 181 g/mol. The number of hydrogen-bond acceptors (Lipinski definition) is 2. The molecule has 0 aliphatic carbocycles. The molecule has 74 valence electrons. The Bertz CT molecular complexity index is 252. The van der Waals surface area contributed by atoms with E-state index in [1.807, 2.05) is 10.8 Å². The monoisotopic (exact) mass is 181 g/mol. The zero-order chi connectivity index (χ0) is 9.84. The molecule has 0 amide bonds. The highest BCUT2D eigenvalue weighted by molar-refractivity contribution is 5.16. The largest absolute Gasteiger partial charge is 0.369 e. The lowest BCUT2D eigenvalue weighted by atomic mass is 9.99. The van der Waals surface area contributed by atoms with Gasteiger partial charge in [-0.2, -0.15) is 0 Å². The number of imidazole rings is 1. The SMILES string of the molecule is CC(C)CC(C)Cn1ccnc1N. The van der Waals surface area contributed by atoms with Crippen molar-refractivity contribution in [3.8, 4) is 0 Å². The van der Waals surface area contributed by atoms with Crippen molar-refractivity contribution < 1.29 is 0 Å². The van der Waals surface area contributed by atoms with Gasteiger partial charge in [-0.05, 0) is 18.3 Å². The van der Waals surface area contributed by atoms with Crippen LogP contribution in [0.1, 0.15) is 27.2 Å². The van der Waals surface area contributed by atoms with Gasteiger partial charge in [0, 0.05) is 18.9 Å². The number of anilines is 1. The Kier molecular flexibility index (Phi) is 3.34. The summed E-state index contributed by atoms with van der Waals surface area (Å²) in [5.74, 6) is 2.03. The second kappa shape index (κ2) is 4.30. The summed E-state index contributed by atoms with van der Waals surface area (Å²) in [5.41, 5.74) is 5.67. The fourth-order valence-corrected chi connectivity index (χ4v) is 1.71. The van der Waals surface area contributed by atoms with Gasteiger partial charge in [-0.25, -0.2) is 4.98 Å². The van der Waals surface area contributed by atoms with E-state index in [1.54, 1.807) is 6.20 Å². The second-order valence-electron chi connectivity index (χ2n) is 4.17. The summed E-state index contributed by atoms with van der Waals surface area (Å²) in [4.78, 5) is 3.99. The second-order valence-corrected chi connectivity index (χ2v) is 4.17. The summed E-state index contributed by atoms with van der Waals surface area (Å²) in [6.45, 7) is 7.71. The van der Waals surface area contributed by atoms with Crippen LogP contribution in [-0.2, 0) is 6.54 Å². The van der Waals surface area contributed by atoms with Crippen LogP contribution >= 0.6 is 0 Å². The van der Waals surface area contributed by atoms with Gasteiger partial charge in [0.05, 0.1) is 0 Å². The minimum Gasteiger partial charge on any atom is -0.369 e. The first-order valence-corrected chi connectivity index (χ1v) is 4.86. The fourth-order valence-electron chi connectivity index (χ4n) is 1.71. The Balaban J connectivity index is 2.45. The molecule has 1 unspecified atom stereocenters. The maximum absolute atomic E-state index is 5.67. The van der Waals surface area contributed by atoms with E-state index in [0.717, 1.165) is 12.5 Å². The molecule has 0 aliphatic rings. The molecule has 13 heavy (non-hydrogen) atoms. The molecule has 2 N–H and O–H groups in total. The van der Waals surface area contributed by atoms with Crippen LogP contribution in [0.5, 0.6) is 0 Å². The summed E-state index contributed by atoms with van der Waals surface area (Å²) in [5, 5.41) is 0. The van der Waals surface area contributed by atoms with Gasteiger partial charge in [0.2, 0.25) is 0 Å². The first kappa shape index (κ1) is 10.1. The van der Waals surface area contributed by atoms with Crippen LogP contribution in [0.3, 0.4) is 0 Å². The Morgan fingerprint density at radius 2 is 2.15 bits per heavy atom. The highest BCUT2D eigenvalue weighted by Crippen LogP contribution is 2.14. The molecule has 0 saturated carbocycles. The molecular weight excluding hydrogens is 162 g/mol. The van der Waals surface area contributed by atoms with E-state index in [0.29, 0.717) is 11.9 Å². The van der Waals surface area contributed by atoms with Gasteiger partial charge in [-0.1, -0.05) is 20.8 Å². The summed E-state index contributed by atoms with van der Waals surface area (Å²) >= 11 is 0. The van der Waals surface area contributed by atoms with E-state index in [9.17, 15) is 0 Å². The first-order valence-electron chi connectivity index (χ1n) is 4.86. The first-order chi connectivity index (χ1) is 6.09. The maximum atomic E-state index is 5.67. The van der Waals surface area contributed by atoms with E-state index >= 15 is 0 Å². The van der Waals surface area contributed by atoms with Crippen molar-refractivity contribution in [2.24, 2.45) is 11.8 Å². The Labute approximate surface area is 80.0 Å². The van der Waals surface area contributed by atoms with Crippen LogP contribution in [0.15, 0.2) is 12.4 Å². The quantitative estimate of drug-likeness (QED) is 0.773. The maximum Gasteiger partial charge on any atom is 0.200 e. The third kappa shape index (κ3) is 3.09. The minimum atomic E-state index is 0.621. The van der Waals surface area contributed by atoms with Gasteiger partial charge in [-0.3, -0.25) is 0 Å². The highest BCUT2D eigenvalue weighted by atomic mass is 15.1. The summed E-state index contributed by atoms with van der Waals surface area (Å²) in [6.07, 6.45) is 4.92. The van der Waals surface area contributed by atoms with E-state index in [1.165, 1.54) is 6.42 Å². The van der Waals surface area contributed by atoms with Gasteiger partial charge in [0.15, 0.2) is 5.95 Å². The van der Waals surface area contributed by atoms with Crippen molar-refractivity contribution in [3.63, 3.8) is 0 Å². The Hall–Kier alpha value is -0.990. The number of nitrogens with zero attached hydrogens (tertiary/aromatic N) is 2. The molecule has 1 atom stereocenters. The average Bonchev–Trinajstić information content (AvgIpc) is 2.34. The van der Waals surface area contributed by atoms with E-state index < -0.39 is 0 Å². The summed E-state index contributed by atoms with van der Waals surface area (Å²) in [7, 11) is 0. The number of nitrogen functional groups attached to an aromatic ring is 1. The number of aromatic nitrogens is 2. The molecular formula is C10H19N3. The lowest BCUT2D eigenvalue weighted by Crippen LogP contribution is -2.11. The van der Waals surface area contributed by atoms with E-state index in [2.05, 4.69) is 25.8 Å². The molecule has 3 nitrogen and oxygen atoms in total. The molecule has 0 radical (unpaired) electrons. The lowest BCUT2D eigenvalue weighted by Gasteiger charge is -2.14. The highest BCUT2D eigenvalue weighted by Gasteiger charge is 2.07. The van der Waals surface area contributed by atoms with Gasteiger partial charge < -0.3 is 10.3 Å². The van der Waals surface area contributed by atoms with Gasteiger partial charge in [0.25, 0.3) is 0 Å². The fraction of sp³-hybridized carbons (Fsp3) is 0.700. The van der Waals surface area contributed by atoms with Crippen molar-refractivity contribution in [1.82, 2.24) is 9.55 Å². The van der Waals surface area contributed by atoms with Crippen molar-refractivity contribution >= 4 is 5.95 Å². The molecule has 0 aromatic carbocycles. The van der Waals surface area contributed by atoms with Crippen LogP contribution in [0.2, 0.25) is 0 Å². The topological polar surface area (TPSA) is 43.8 Å². The predicted octanol–water partition coefficient (Wildman–Crippen LogP) is 2.15. The number of rotatable bonds is 4. The van der Waals surface area contributed by atoms with Gasteiger partial charge >= 0.3 is 0 Å². The van der Waals surface area contributed by atoms with Crippen molar-refractivity contribution in [2.75, 3.05) is 5.73 Å². The van der Waals surface area contributed by atoms with Crippen molar-refractivity contribution in [2.45, 2.75) is 33.7 Å². The zero-order valence-corrected chi connectivity index (χ0v) is 8.70. The standard InChI is InChI=1S/C10H19N3/c1-8(2)6-9(3)7-13-5-4-12-10(13)11/h4-5,8-9H,6-7H2,1-3H3,(H2,11,12).